The number of methoxy groups -OCH3 is 3. The molecule has 226 valence electrons. The maximum Gasteiger partial charge on any atom is 0.203 e. The Labute approximate surface area is 246 Å². The van der Waals surface area contributed by atoms with Crippen molar-refractivity contribution in [1.82, 2.24) is 0 Å². The molecule has 3 aromatic carbocycles. The molecule has 0 heterocycles. The molecule has 10 nitrogen and oxygen atoms in total. The van der Waals surface area contributed by atoms with Crippen LogP contribution < -0.4 is 23.7 Å². The lowest BCUT2D eigenvalue weighted by Gasteiger charge is -2.14. The molecule has 0 aliphatic carbocycles. The summed E-state index contributed by atoms with van der Waals surface area (Å²) in [4.78, 5) is 25.8. The van der Waals surface area contributed by atoms with Crippen molar-refractivity contribution in [1.29, 1.82) is 0 Å². The maximum atomic E-state index is 12.9. The normalized spacial score (nSPS) is 11.1. The summed E-state index contributed by atoms with van der Waals surface area (Å²) in [6.07, 6.45) is 0.656. The third-order valence-corrected chi connectivity index (χ3v) is 8.00. The van der Waals surface area contributed by atoms with Crippen LogP contribution in [0, 0.1) is 0 Å². The predicted octanol–water partition coefficient (Wildman–Crippen LogP) is 4.69. The summed E-state index contributed by atoms with van der Waals surface area (Å²) in [6.45, 7) is 1.79. The topological polar surface area (TPSA) is 135 Å². The van der Waals surface area contributed by atoms with Gasteiger partial charge in [0.2, 0.25) is 5.75 Å². The molecule has 0 radical (unpaired) electrons. The lowest BCUT2D eigenvalue weighted by molar-refractivity contribution is 0.0917. The Morgan fingerprint density at radius 1 is 0.786 bits per heavy atom. The minimum Gasteiger partial charge on any atom is -0.493 e. The summed E-state index contributed by atoms with van der Waals surface area (Å²) in [6, 6.07) is 14.4. The van der Waals surface area contributed by atoms with Crippen LogP contribution >= 0.6 is 0 Å². The van der Waals surface area contributed by atoms with Crippen LogP contribution in [0.5, 0.6) is 28.7 Å². The highest BCUT2D eigenvalue weighted by Gasteiger charge is 2.21. The van der Waals surface area contributed by atoms with Gasteiger partial charge in [-0.2, -0.15) is 0 Å². The van der Waals surface area contributed by atoms with Crippen molar-refractivity contribution < 1.29 is 46.8 Å². The molecule has 11 heteroatoms. The van der Waals surface area contributed by atoms with Gasteiger partial charge in [0.1, 0.15) is 23.0 Å². The average molecular weight is 601 g/mol. The van der Waals surface area contributed by atoms with E-state index in [4.69, 9.17) is 23.7 Å². The molecule has 0 aromatic heterocycles. The fraction of sp³-hybridized carbons (Fsp3) is 0.355. The Bertz CT molecular complexity index is 1470. The minimum atomic E-state index is -3.76. The van der Waals surface area contributed by atoms with Crippen LogP contribution in [0.2, 0.25) is 0 Å². The molecule has 0 saturated carbocycles. The fourth-order valence-electron chi connectivity index (χ4n) is 4.13. The van der Waals surface area contributed by atoms with Crippen LogP contribution in [0.3, 0.4) is 0 Å². The van der Waals surface area contributed by atoms with E-state index in [1.807, 2.05) is 6.92 Å². The second-order valence-electron chi connectivity index (χ2n) is 9.25. The number of ether oxygens (including phenoxy) is 5. The van der Waals surface area contributed by atoms with E-state index in [1.165, 1.54) is 27.4 Å². The van der Waals surface area contributed by atoms with E-state index in [1.54, 1.807) is 48.5 Å². The quantitative estimate of drug-likeness (QED) is 0.217. The van der Waals surface area contributed by atoms with Crippen LogP contribution in [0.1, 0.15) is 52.5 Å². The molecule has 0 amide bonds. The van der Waals surface area contributed by atoms with Crippen LogP contribution in [0.4, 0.5) is 0 Å². The zero-order valence-electron chi connectivity index (χ0n) is 24.2. The molecule has 0 atom stereocenters. The first-order valence-electron chi connectivity index (χ1n) is 13.4. The van der Waals surface area contributed by atoms with Crippen LogP contribution in [0.25, 0.3) is 0 Å². The Hall–Kier alpha value is -4.09. The fourth-order valence-corrected chi connectivity index (χ4v) is 5.36. The Kier molecular flexibility index (Phi) is 11.8. The number of hydrogen-bond acceptors (Lipinski definition) is 10. The molecule has 3 rings (SSSR count). The third kappa shape index (κ3) is 8.23. The van der Waals surface area contributed by atoms with E-state index >= 15 is 0 Å². The molecule has 0 aliphatic rings. The van der Waals surface area contributed by atoms with Gasteiger partial charge in [-0.05, 0) is 48.4 Å². The zero-order valence-corrected chi connectivity index (χ0v) is 25.0. The molecular weight excluding hydrogens is 564 g/mol. The van der Waals surface area contributed by atoms with Crippen molar-refractivity contribution in [3.63, 3.8) is 0 Å². The summed E-state index contributed by atoms with van der Waals surface area (Å²) < 4.78 is 52.7. The number of rotatable bonds is 17. The summed E-state index contributed by atoms with van der Waals surface area (Å²) in [5.74, 6) is 0.768. The lowest BCUT2D eigenvalue weighted by Crippen LogP contribution is -2.13. The smallest absolute Gasteiger partial charge is 0.203 e. The lowest BCUT2D eigenvalue weighted by atomic mass is 10.0. The molecule has 0 fully saturated rings. The second kappa shape index (κ2) is 15.2. The van der Waals surface area contributed by atoms with Crippen molar-refractivity contribution in [2.45, 2.75) is 37.7 Å². The Morgan fingerprint density at radius 2 is 1.45 bits per heavy atom. The standard InChI is InChI=1S/C31H36O10S/c1-5-14-40-27-12-9-21(16-30(27)42(35,36)15-13-32)20-41-24-8-6-7-22(17-24)25(33)10-11-26(34)23-18-28(37-2)31(39-4)29(19-23)38-3/h6-9,12,16-19,32H,5,10-11,13-15,20H2,1-4H3. The molecule has 1 N–H and O–H groups in total. The molecule has 0 spiro atoms. The molecule has 0 aliphatic heterocycles. The van der Waals surface area contributed by atoms with Gasteiger partial charge in [0.15, 0.2) is 32.9 Å². The number of aliphatic hydroxyl groups is 1. The van der Waals surface area contributed by atoms with Crippen LogP contribution in [-0.4, -0.2) is 65.4 Å². The first-order chi connectivity index (χ1) is 20.2. The van der Waals surface area contributed by atoms with Crippen LogP contribution in [0.15, 0.2) is 59.5 Å². The van der Waals surface area contributed by atoms with Crippen molar-refractivity contribution in [2.75, 3.05) is 40.3 Å². The predicted molar refractivity (Wildman–Crippen MR) is 156 cm³/mol. The second-order valence-corrected chi connectivity index (χ2v) is 11.3. The summed E-state index contributed by atoms with van der Waals surface area (Å²) in [5.41, 5.74) is 1.28. The van der Waals surface area contributed by atoms with Crippen molar-refractivity contribution in [2.24, 2.45) is 0 Å². The molecular formula is C31H36O10S. The first kappa shape index (κ1) is 32.4. The van der Waals surface area contributed by atoms with Crippen LogP contribution in [-0.2, 0) is 16.4 Å². The number of carbonyl (C=O) groups excluding carboxylic acids is 2. The molecule has 42 heavy (non-hydrogen) atoms. The van der Waals surface area contributed by atoms with Gasteiger partial charge in [0.05, 0.1) is 40.3 Å². The van der Waals surface area contributed by atoms with E-state index in [-0.39, 0.29) is 41.7 Å². The average Bonchev–Trinajstić information content (AvgIpc) is 3.00. The van der Waals surface area contributed by atoms with Gasteiger partial charge in [0.25, 0.3) is 0 Å². The van der Waals surface area contributed by atoms with Gasteiger partial charge in [-0.15, -0.1) is 0 Å². The van der Waals surface area contributed by atoms with Gasteiger partial charge in [-0.1, -0.05) is 25.1 Å². The van der Waals surface area contributed by atoms with E-state index in [9.17, 15) is 23.1 Å². The van der Waals surface area contributed by atoms with E-state index in [0.717, 1.165) is 0 Å². The highest BCUT2D eigenvalue weighted by atomic mass is 32.2. The number of carbonyl (C=O) groups is 2. The Morgan fingerprint density at radius 3 is 2.05 bits per heavy atom. The molecule has 0 bridgehead atoms. The maximum absolute atomic E-state index is 12.9. The number of hydrogen-bond donors (Lipinski definition) is 1. The van der Waals surface area contributed by atoms with Gasteiger partial charge in [0, 0.05) is 24.0 Å². The number of benzene rings is 3. The molecule has 3 aromatic rings. The number of aliphatic hydroxyl groups excluding tert-OH is 1. The number of sulfone groups is 1. The summed E-state index contributed by atoms with van der Waals surface area (Å²) in [5, 5.41) is 9.21. The summed E-state index contributed by atoms with van der Waals surface area (Å²) >= 11 is 0. The van der Waals surface area contributed by atoms with Gasteiger partial charge in [-0.25, -0.2) is 8.42 Å². The molecule has 0 saturated heterocycles. The largest absolute Gasteiger partial charge is 0.493 e. The highest BCUT2D eigenvalue weighted by molar-refractivity contribution is 7.91. The van der Waals surface area contributed by atoms with Crippen molar-refractivity contribution in [3.8, 4) is 28.7 Å². The SMILES string of the molecule is CCCOc1ccc(COc2cccc(C(=O)CCC(=O)c3cc(OC)c(OC)c(OC)c3)c2)cc1S(=O)(=O)CCO. The first-order valence-corrected chi connectivity index (χ1v) is 15.0. The van der Waals surface area contributed by atoms with Gasteiger partial charge < -0.3 is 28.8 Å². The zero-order chi connectivity index (χ0) is 30.7. The summed E-state index contributed by atoms with van der Waals surface area (Å²) in [7, 11) is 0.623. The Balaban J connectivity index is 1.69. The molecule has 0 unspecified atom stereocenters. The van der Waals surface area contributed by atoms with Crippen molar-refractivity contribution >= 4 is 21.4 Å². The van der Waals surface area contributed by atoms with Crippen molar-refractivity contribution in [3.05, 3.63) is 71.3 Å². The van der Waals surface area contributed by atoms with Gasteiger partial charge in [-0.3, -0.25) is 9.59 Å². The van der Waals surface area contributed by atoms with E-state index < -0.39 is 22.2 Å². The van der Waals surface area contributed by atoms with E-state index in [2.05, 4.69) is 0 Å². The third-order valence-electron chi connectivity index (χ3n) is 6.29. The minimum absolute atomic E-state index is 0.00760. The van der Waals surface area contributed by atoms with Gasteiger partial charge >= 0.3 is 0 Å². The monoisotopic (exact) mass is 600 g/mol. The van der Waals surface area contributed by atoms with E-state index in [0.29, 0.717) is 52.7 Å². The number of ketones is 2. The number of Topliss-reactive ketones (excluding diaryl/α,β-unsaturated/α-hetero) is 2. The highest BCUT2D eigenvalue weighted by Crippen LogP contribution is 2.38.